The molecule has 104 valence electrons. The molecule has 0 radical (unpaired) electrons. The van der Waals surface area contributed by atoms with E-state index in [0.717, 1.165) is 25.2 Å². The van der Waals surface area contributed by atoms with Gasteiger partial charge in [-0.15, -0.1) is 0 Å². The van der Waals surface area contributed by atoms with Gasteiger partial charge >= 0.3 is 0 Å². The molecule has 1 aliphatic heterocycles. The predicted octanol–water partition coefficient (Wildman–Crippen LogP) is 3.50. The lowest BCUT2D eigenvalue weighted by Crippen LogP contribution is -2.25. The van der Waals surface area contributed by atoms with Crippen molar-refractivity contribution in [1.29, 1.82) is 0 Å². The number of benzene rings is 2. The van der Waals surface area contributed by atoms with Crippen LogP contribution < -0.4 is 10.2 Å². The summed E-state index contributed by atoms with van der Waals surface area (Å²) in [7, 11) is 2.08. The Balaban J connectivity index is 1.94. The van der Waals surface area contributed by atoms with Crippen LogP contribution in [0, 0.1) is 5.82 Å². The van der Waals surface area contributed by atoms with E-state index < -0.39 is 0 Å². The quantitative estimate of drug-likeness (QED) is 0.898. The molecule has 0 saturated heterocycles. The van der Waals surface area contributed by atoms with Crippen LogP contribution in [0.1, 0.15) is 23.6 Å². The minimum atomic E-state index is -0.190. The summed E-state index contributed by atoms with van der Waals surface area (Å²) in [4.78, 5) is 2.24. The van der Waals surface area contributed by atoms with Gasteiger partial charge < -0.3 is 10.2 Å². The Labute approximate surface area is 119 Å². The average Bonchev–Trinajstić information content (AvgIpc) is 2.69. The SMILES string of the molecule is CN(c1ccc(F)cc1)C1CCNCc2ccccc21. The Morgan fingerprint density at radius 1 is 1.10 bits per heavy atom. The van der Waals surface area contributed by atoms with Crippen molar-refractivity contribution in [1.82, 2.24) is 5.32 Å². The Hall–Kier alpha value is -1.87. The average molecular weight is 270 g/mol. The largest absolute Gasteiger partial charge is 0.367 e. The third-order valence-corrected chi connectivity index (χ3v) is 4.03. The van der Waals surface area contributed by atoms with Gasteiger partial charge in [0.1, 0.15) is 5.82 Å². The lowest BCUT2D eigenvalue weighted by molar-refractivity contribution is 0.588. The molecule has 2 nitrogen and oxygen atoms in total. The van der Waals surface area contributed by atoms with Gasteiger partial charge in [-0.1, -0.05) is 24.3 Å². The van der Waals surface area contributed by atoms with E-state index in [9.17, 15) is 4.39 Å². The van der Waals surface area contributed by atoms with Gasteiger partial charge in [-0.25, -0.2) is 4.39 Å². The minimum Gasteiger partial charge on any atom is -0.367 e. The zero-order valence-corrected chi connectivity index (χ0v) is 11.6. The van der Waals surface area contributed by atoms with Gasteiger partial charge in [-0.2, -0.15) is 0 Å². The molecule has 0 bridgehead atoms. The molecule has 1 aliphatic rings. The van der Waals surface area contributed by atoms with Gasteiger partial charge in [0, 0.05) is 19.3 Å². The highest BCUT2D eigenvalue weighted by atomic mass is 19.1. The molecule has 20 heavy (non-hydrogen) atoms. The number of nitrogens with one attached hydrogen (secondary N) is 1. The van der Waals surface area contributed by atoms with Crippen LogP contribution in [0.25, 0.3) is 0 Å². The van der Waals surface area contributed by atoms with Gasteiger partial charge in [-0.3, -0.25) is 0 Å². The van der Waals surface area contributed by atoms with Crippen LogP contribution in [0.15, 0.2) is 48.5 Å². The summed E-state index contributed by atoms with van der Waals surface area (Å²) in [5, 5.41) is 3.46. The van der Waals surface area contributed by atoms with E-state index in [-0.39, 0.29) is 5.82 Å². The molecular weight excluding hydrogens is 251 g/mol. The first-order valence-corrected chi connectivity index (χ1v) is 7.02. The highest BCUT2D eigenvalue weighted by molar-refractivity contribution is 5.49. The van der Waals surface area contributed by atoms with Gasteiger partial charge in [0.15, 0.2) is 0 Å². The lowest BCUT2D eigenvalue weighted by Gasteiger charge is -2.30. The zero-order valence-electron chi connectivity index (χ0n) is 11.6. The lowest BCUT2D eigenvalue weighted by atomic mass is 9.98. The van der Waals surface area contributed by atoms with Crippen LogP contribution in [0.3, 0.4) is 0 Å². The highest BCUT2D eigenvalue weighted by Crippen LogP contribution is 2.31. The molecule has 1 N–H and O–H groups in total. The Morgan fingerprint density at radius 3 is 2.65 bits per heavy atom. The topological polar surface area (TPSA) is 15.3 Å². The van der Waals surface area contributed by atoms with Crippen LogP contribution in [0.5, 0.6) is 0 Å². The molecule has 0 amide bonds. The second-order valence-electron chi connectivity index (χ2n) is 5.27. The van der Waals surface area contributed by atoms with Crippen LogP contribution >= 0.6 is 0 Å². The van der Waals surface area contributed by atoms with E-state index in [2.05, 4.69) is 41.5 Å². The second-order valence-corrected chi connectivity index (χ2v) is 5.27. The summed E-state index contributed by atoms with van der Waals surface area (Å²) >= 11 is 0. The number of rotatable bonds is 2. The van der Waals surface area contributed by atoms with Gasteiger partial charge in [0.25, 0.3) is 0 Å². The van der Waals surface area contributed by atoms with E-state index in [4.69, 9.17) is 0 Å². The number of nitrogens with zero attached hydrogens (tertiary/aromatic N) is 1. The van der Waals surface area contributed by atoms with Crippen LogP contribution in [-0.4, -0.2) is 13.6 Å². The fraction of sp³-hybridized carbons (Fsp3) is 0.294. The first-order valence-electron chi connectivity index (χ1n) is 7.02. The van der Waals surface area contributed by atoms with Gasteiger partial charge in [-0.05, 0) is 48.4 Å². The third kappa shape index (κ3) is 2.54. The summed E-state index contributed by atoms with van der Waals surface area (Å²) in [6.07, 6.45) is 1.05. The molecule has 1 unspecified atom stereocenters. The van der Waals surface area contributed by atoms with Gasteiger partial charge in [0.2, 0.25) is 0 Å². The van der Waals surface area contributed by atoms with E-state index >= 15 is 0 Å². The smallest absolute Gasteiger partial charge is 0.123 e. The maximum atomic E-state index is 13.1. The molecule has 0 fully saturated rings. The fourth-order valence-corrected chi connectivity index (χ4v) is 2.90. The van der Waals surface area contributed by atoms with Crippen molar-refractivity contribution < 1.29 is 4.39 Å². The van der Waals surface area contributed by atoms with E-state index in [1.807, 2.05) is 12.1 Å². The van der Waals surface area contributed by atoms with Crippen molar-refractivity contribution in [3.8, 4) is 0 Å². The van der Waals surface area contributed by atoms with Gasteiger partial charge in [0.05, 0.1) is 6.04 Å². The highest BCUT2D eigenvalue weighted by Gasteiger charge is 2.22. The summed E-state index contributed by atoms with van der Waals surface area (Å²) in [6, 6.07) is 15.6. The van der Waals surface area contributed by atoms with Crippen LogP contribution in [-0.2, 0) is 6.54 Å². The molecule has 0 saturated carbocycles. The van der Waals surface area contributed by atoms with Crippen molar-refractivity contribution in [2.24, 2.45) is 0 Å². The molecule has 2 aromatic rings. The Kier molecular flexibility index (Phi) is 3.70. The molecule has 3 heteroatoms. The third-order valence-electron chi connectivity index (χ3n) is 4.03. The Morgan fingerprint density at radius 2 is 1.85 bits per heavy atom. The maximum absolute atomic E-state index is 13.1. The zero-order chi connectivity index (χ0) is 13.9. The monoisotopic (exact) mass is 270 g/mol. The second kappa shape index (κ2) is 5.63. The standard InChI is InChI=1S/C17H19FN2/c1-20(15-8-6-14(18)7-9-15)17-10-11-19-12-13-4-2-3-5-16(13)17/h2-9,17,19H,10-12H2,1H3. The molecule has 1 atom stereocenters. The molecule has 0 aliphatic carbocycles. The minimum absolute atomic E-state index is 0.190. The van der Waals surface area contributed by atoms with Crippen molar-refractivity contribution >= 4 is 5.69 Å². The number of anilines is 1. The van der Waals surface area contributed by atoms with E-state index in [1.165, 1.54) is 23.3 Å². The molecule has 0 aromatic heterocycles. The molecule has 0 spiro atoms. The maximum Gasteiger partial charge on any atom is 0.123 e. The predicted molar refractivity (Wildman–Crippen MR) is 80.3 cm³/mol. The van der Waals surface area contributed by atoms with Crippen molar-refractivity contribution in [3.63, 3.8) is 0 Å². The molecule has 3 rings (SSSR count). The number of fused-ring (bicyclic) bond motifs is 1. The first-order chi connectivity index (χ1) is 9.75. The van der Waals surface area contributed by atoms with E-state index in [0.29, 0.717) is 6.04 Å². The summed E-state index contributed by atoms with van der Waals surface area (Å²) < 4.78 is 13.1. The first kappa shape index (κ1) is 13.1. The number of hydrogen-bond acceptors (Lipinski definition) is 2. The summed E-state index contributed by atoms with van der Waals surface area (Å²) in [5.41, 5.74) is 3.77. The fourth-order valence-electron chi connectivity index (χ4n) is 2.90. The van der Waals surface area contributed by atoms with Crippen LogP contribution in [0.2, 0.25) is 0 Å². The van der Waals surface area contributed by atoms with Crippen LogP contribution in [0.4, 0.5) is 10.1 Å². The van der Waals surface area contributed by atoms with Crippen molar-refractivity contribution in [2.45, 2.75) is 19.0 Å². The summed E-state index contributed by atoms with van der Waals surface area (Å²) in [6.45, 7) is 1.91. The van der Waals surface area contributed by atoms with Crippen molar-refractivity contribution in [2.75, 3.05) is 18.5 Å². The normalized spacial score (nSPS) is 18.2. The number of halogens is 1. The summed E-state index contributed by atoms with van der Waals surface area (Å²) in [5.74, 6) is -0.190. The molecule has 1 heterocycles. The van der Waals surface area contributed by atoms with Crippen molar-refractivity contribution in [3.05, 3.63) is 65.5 Å². The molecule has 2 aromatic carbocycles. The Bertz CT molecular complexity index is 580. The van der Waals surface area contributed by atoms with E-state index in [1.54, 1.807) is 0 Å². The molecular formula is C17H19FN2. The number of hydrogen-bond donors (Lipinski definition) is 1.